The third-order valence-corrected chi connectivity index (χ3v) is 2.84. The van der Waals surface area contributed by atoms with Crippen LogP contribution in [-0.2, 0) is 0 Å². The van der Waals surface area contributed by atoms with E-state index >= 15 is 0 Å². The largest absolute Gasteiger partial charge is 0.494 e. The summed E-state index contributed by atoms with van der Waals surface area (Å²) in [7, 11) is 0. The van der Waals surface area contributed by atoms with Crippen LogP contribution in [0.15, 0.2) is 30.3 Å². The third kappa shape index (κ3) is 4.34. The van der Waals surface area contributed by atoms with E-state index in [0.717, 1.165) is 18.6 Å². The highest BCUT2D eigenvalue weighted by Gasteiger charge is 2.10. The maximum absolute atomic E-state index is 6.01. The van der Waals surface area contributed by atoms with Gasteiger partial charge in [0, 0.05) is 6.04 Å². The Bertz CT molecular complexity index is 260. The van der Waals surface area contributed by atoms with E-state index in [9.17, 15) is 0 Å². The molecule has 0 radical (unpaired) electrons. The Kier molecular flexibility index (Phi) is 5.19. The van der Waals surface area contributed by atoms with Crippen LogP contribution in [0.3, 0.4) is 0 Å². The van der Waals surface area contributed by atoms with E-state index in [1.807, 2.05) is 30.3 Å². The highest BCUT2D eigenvalue weighted by Crippen LogP contribution is 2.11. The highest BCUT2D eigenvalue weighted by atomic mass is 16.5. The molecular weight excluding hydrogens is 186 g/mol. The summed E-state index contributed by atoms with van der Waals surface area (Å²) in [4.78, 5) is 0. The molecule has 2 nitrogen and oxygen atoms in total. The van der Waals surface area contributed by atoms with Gasteiger partial charge in [0.1, 0.15) is 5.75 Å². The first-order valence-electron chi connectivity index (χ1n) is 5.67. The summed E-state index contributed by atoms with van der Waals surface area (Å²) in [6.45, 7) is 5.06. The molecule has 0 fully saturated rings. The van der Waals surface area contributed by atoms with Crippen molar-refractivity contribution in [3.8, 4) is 5.75 Å². The van der Waals surface area contributed by atoms with E-state index in [-0.39, 0.29) is 6.04 Å². The van der Waals surface area contributed by atoms with Crippen LogP contribution in [0, 0.1) is 5.92 Å². The molecule has 2 heteroatoms. The monoisotopic (exact) mass is 207 g/mol. The first kappa shape index (κ1) is 12.1. The van der Waals surface area contributed by atoms with Crippen LogP contribution in [0.4, 0.5) is 0 Å². The summed E-state index contributed by atoms with van der Waals surface area (Å²) in [5.41, 5.74) is 6.01. The smallest absolute Gasteiger partial charge is 0.119 e. The van der Waals surface area contributed by atoms with Gasteiger partial charge in [0.25, 0.3) is 0 Å². The zero-order chi connectivity index (χ0) is 11.1. The van der Waals surface area contributed by atoms with E-state index in [2.05, 4.69) is 13.8 Å². The third-order valence-electron chi connectivity index (χ3n) is 2.84. The number of nitrogens with two attached hydrogens (primary N) is 1. The highest BCUT2D eigenvalue weighted by molar-refractivity contribution is 5.20. The van der Waals surface area contributed by atoms with Crippen molar-refractivity contribution in [3.63, 3.8) is 0 Å². The number of ether oxygens (including phenoxy) is 1. The van der Waals surface area contributed by atoms with Crippen LogP contribution in [0.25, 0.3) is 0 Å². The van der Waals surface area contributed by atoms with Crippen LogP contribution in [-0.4, -0.2) is 12.6 Å². The summed E-state index contributed by atoms with van der Waals surface area (Å²) in [6, 6.07) is 10.1. The molecular formula is C13H21NO. The summed E-state index contributed by atoms with van der Waals surface area (Å²) in [6.07, 6.45) is 2.05. The van der Waals surface area contributed by atoms with Crippen LogP contribution < -0.4 is 10.5 Å². The Hall–Kier alpha value is -1.02. The second-order valence-corrected chi connectivity index (χ2v) is 4.00. The Morgan fingerprint density at radius 2 is 1.93 bits per heavy atom. The Morgan fingerprint density at radius 1 is 1.27 bits per heavy atom. The molecule has 0 saturated heterocycles. The van der Waals surface area contributed by atoms with Gasteiger partial charge in [0.2, 0.25) is 0 Å². The maximum atomic E-state index is 6.01. The van der Waals surface area contributed by atoms with Crippen molar-refractivity contribution in [1.82, 2.24) is 0 Å². The lowest BCUT2D eigenvalue weighted by atomic mass is 9.98. The van der Waals surface area contributed by atoms with Gasteiger partial charge in [0.15, 0.2) is 0 Å². The fourth-order valence-corrected chi connectivity index (χ4v) is 1.42. The van der Waals surface area contributed by atoms with Crippen LogP contribution in [0.2, 0.25) is 0 Å². The van der Waals surface area contributed by atoms with E-state index in [1.54, 1.807) is 0 Å². The summed E-state index contributed by atoms with van der Waals surface area (Å²) < 4.78 is 5.59. The van der Waals surface area contributed by atoms with Crippen molar-refractivity contribution in [2.75, 3.05) is 6.61 Å². The molecule has 0 aliphatic rings. The molecule has 1 aromatic rings. The normalized spacial score (nSPS) is 14.6. The number of benzene rings is 1. The van der Waals surface area contributed by atoms with Gasteiger partial charge in [-0.2, -0.15) is 0 Å². The molecule has 0 aliphatic carbocycles. The summed E-state index contributed by atoms with van der Waals surface area (Å²) in [5.74, 6) is 1.50. The second-order valence-electron chi connectivity index (χ2n) is 4.00. The molecule has 0 aromatic heterocycles. The van der Waals surface area contributed by atoms with Gasteiger partial charge in [-0.3, -0.25) is 0 Å². The molecule has 2 unspecified atom stereocenters. The number of para-hydroxylation sites is 1. The van der Waals surface area contributed by atoms with Gasteiger partial charge in [-0.25, -0.2) is 0 Å². The molecule has 1 aromatic carbocycles. The summed E-state index contributed by atoms with van der Waals surface area (Å²) in [5, 5.41) is 0. The average Bonchev–Trinajstić information content (AvgIpc) is 2.29. The topological polar surface area (TPSA) is 35.2 Å². The van der Waals surface area contributed by atoms with Gasteiger partial charge < -0.3 is 10.5 Å². The fourth-order valence-electron chi connectivity index (χ4n) is 1.42. The van der Waals surface area contributed by atoms with Gasteiger partial charge in [0.05, 0.1) is 6.61 Å². The second kappa shape index (κ2) is 6.46. The number of hydrogen-bond donors (Lipinski definition) is 1. The lowest BCUT2D eigenvalue weighted by Gasteiger charge is -2.18. The molecule has 15 heavy (non-hydrogen) atoms. The van der Waals surface area contributed by atoms with Gasteiger partial charge in [-0.05, 0) is 24.5 Å². The molecule has 0 heterocycles. The van der Waals surface area contributed by atoms with Gasteiger partial charge >= 0.3 is 0 Å². The zero-order valence-electron chi connectivity index (χ0n) is 9.65. The lowest BCUT2D eigenvalue weighted by Crippen LogP contribution is -2.29. The quantitative estimate of drug-likeness (QED) is 0.778. The Balaban J connectivity index is 2.22. The number of hydrogen-bond acceptors (Lipinski definition) is 2. The fraction of sp³-hybridized carbons (Fsp3) is 0.538. The first-order valence-corrected chi connectivity index (χ1v) is 5.67. The molecule has 1 rings (SSSR count). The standard InChI is InChI=1S/C13H21NO/c1-3-11(2)13(14)9-10-15-12-7-5-4-6-8-12/h4-8,11,13H,3,9-10,14H2,1-2H3. The van der Waals surface area contributed by atoms with Gasteiger partial charge in [-0.15, -0.1) is 0 Å². The molecule has 0 saturated carbocycles. The van der Waals surface area contributed by atoms with Crippen LogP contribution >= 0.6 is 0 Å². The van der Waals surface area contributed by atoms with E-state index in [4.69, 9.17) is 10.5 Å². The average molecular weight is 207 g/mol. The minimum atomic E-state index is 0.249. The molecule has 0 amide bonds. The van der Waals surface area contributed by atoms with Crippen LogP contribution in [0.1, 0.15) is 26.7 Å². The predicted molar refractivity (Wildman–Crippen MR) is 64.0 cm³/mol. The van der Waals surface area contributed by atoms with Gasteiger partial charge in [-0.1, -0.05) is 38.5 Å². The van der Waals surface area contributed by atoms with Crippen molar-refractivity contribution in [1.29, 1.82) is 0 Å². The summed E-state index contributed by atoms with van der Waals surface area (Å²) >= 11 is 0. The molecule has 2 atom stereocenters. The molecule has 84 valence electrons. The van der Waals surface area contributed by atoms with E-state index < -0.39 is 0 Å². The Morgan fingerprint density at radius 3 is 2.53 bits per heavy atom. The van der Waals surface area contributed by atoms with Crippen molar-refractivity contribution in [3.05, 3.63) is 30.3 Å². The zero-order valence-corrected chi connectivity index (χ0v) is 9.65. The molecule has 2 N–H and O–H groups in total. The Labute approximate surface area is 92.4 Å². The first-order chi connectivity index (χ1) is 7.24. The minimum Gasteiger partial charge on any atom is -0.494 e. The van der Waals surface area contributed by atoms with E-state index in [1.165, 1.54) is 0 Å². The van der Waals surface area contributed by atoms with Crippen molar-refractivity contribution in [2.24, 2.45) is 11.7 Å². The minimum absolute atomic E-state index is 0.249. The lowest BCUT2D eigenvalue weighted by molar-refractivity contribution is 0.276. The maximum Gasteiger partial charge on any atom is 0.119 e. The predicted octanol–water partition coefficient (Wildman–Crippen LogP) is 2.83. The van der Waals surface area contributed by atoms with Crippen molar-refractivity contribution < 1.29 is 4.74 Å². The van der Waals surface area contributed by atoms with Crippen LogP contribution in [0.5, 0.6) is 5.75 Å². The SMILES string of the molecule is CCC(C)C(N)CCOc1ccccc1. The number of rotatable bonds is 6. The van der Waals surface area contributed by atoms with E-state index in [0.29, 0.717) is 12.5 Å². The molecule has 0 aliphatic heterocycles. The molecule has 0 bridgehead atoms. The van der Waals surface area contributed by atoms with Crippen molar-refractivity contribution in [2.45, 2.75) is 32.7 Å². The van der Waals surface area contributed by atoms with Crippen molar-refractivity contribution >= 4 is 0 Å². The molecule has 0 spiro atoms.